The molecule has 4 unspecified atom stereocenters. The maximum absolute atomic E-state index is 16.0. The van der Waals surface area contributed by atoms with E-state index >= 15 is 4.39 Å². The van der Waals surface area contributed by atoms with E-state index in [1.165, 1.54) is 0 Å². The van der Waals surface area contributed by atoms with Crippen molar-refractivity contribution in [2.45, 2.75) is 57.0 Å². The molecule has 0 saturated carbocycles. The van der Waals surface area contributed by atoms with Crippen LogP contribution in [0, 0.1) is 11.2 Å². The summed E-state index contributed by atoms with van der Waals surface area (Å²) in [5, 5.41) is 9.71. The fourth-order valence-electron chi connectivity index (χ4n) is 6.74. The van der Waals surface area contributed by atoms with E-state index in [2.05, 4.69) is 57.6 Å². The third-order valence-electron chi connectivity index (χ3n) is 8.52. The van der Waals surface area contributed by atoms with Crippen LogP contribution >= 0.6 is 15.9 Å². The molecule has 10 heteroatoms. The van der Waals surface area contributed by atoms with Gasteiger partial charge in [0.2, 0.25) is 11.8 Å². The van der Waals surface area contributed by atoms with Crippen molar-refractivity contribution in [2.24, 2.45) is 5.41 Å². The van der Waals surface area contributed by atoms with Gasteiger partial charge in [-0.3, -0.25) is 14.5 Å². The van der Waals surface area contributed by atoms with Crippen molar-refractivity contribution in [3.8, 4) is 5.75 Å². The van der Waals surface area contributed by atoms with Crippen molar-refractivity contribution in [3.63, 3.8) is 0 Å². The lowest BCUT2D eigenvalue weighted by Gasteiger charge is -2.37. The number of fused-ring (bicyclic) bond motifs is 2. The summed E-state index contributed by atoms with van der Waals surface area (Å²) in [6.07, 6.45) is 1.38. The Bertz CT molecular complexity index is 1300. The number of nitrogens with zero attached hydrogens (tertiary/aromatic N) is 1. The van der Waals surface area contributed by atoms with Crippen LogP contribution in [-0.2, 0) is 19.7 Å². The zero-order chi connectivity index (χ0) is 29.4. The summed E-state index contributed by atoms with van der Waals surface area (Å²) in [6, 6.07) is 9.33. The van der Waals surface area contributed by atoms with Gasteiger partial charge in [-0.05, 0) is 64.0 Å². The molecule has 41 heavy (non-hydrogen) atoms. The summed E-state index contributed by atoms with van der Waals surface area (Å²) in [7, 11) is 1.58. The largest absolute Gasteiger partial charge is 0.497 e. The van der Waals surface area contributed by atoms with Crippen LogP contribution in [0.15, 0.2) is 40.9 Å². The van der Waals surface area contributed by atoms with Crippen molar-refractivity contribution in [3.05, 3.63) is 57.8 Å². The van der Waals surface area contributed by atoms with Crippen molar-refractivity contribution in [2.75, 3.05) is 51.8 Å². The highest BCUT2D eigenvalue weighted by Gasteiger charge is 2.66. The molecule has 2 aromatic carbocycles. The van der Waals surface area contributed by atoms with Gasteiger partial charge < -0.3 is 25.4 Å². The number of anilines is 1. The van der Waals surface area contributed by atoms with Crippen LogP contribution in [-0.4, -0.2) is 75.3 Å². The molecule has 2 aromatic rings. The molecule has 222 valence electrons. The number of carbonyl (C=O) groups excluding carboxylic acids is 2. The van der Waals surface area contributed by atoms with E-state index in [1.807, 2.05) is 12.1 Å². The first kappa shape index (κ1) is 29.9. The number of carbonyl (C=O) groups is 2. The van der Waals surface area contributed by atoms with Crippen LogP contribution < -0.4 is 20.7 Å². The fourth-order valence-corrected chi connectivity index (χ4v) is 7.12. The number of hydrogen-bond acceptors (Lipinski definition) is 6. The molecule has 3 N–H and O–H groups in total. The average molecular weight is 632 g/mol. The number of nitrogens with one attached hydrogen (secondary N) is 3. The average Bonchev–Trinajstić information content (AvgIpc) is 3.42. The second-order valence-electron chi connectivity index (χ2n) is 12.4. The number of hydrogen-bond donors (Lipinski definition) is 3. The molecule has 8 nitrogen and oxygen atoms in total. The highest BCUT2D eigenvalue weighted by molar-refractivity contribution is 9.10. The number of ether oxygens (including phenoxy) is 2. The summed E-state index contributed by atoms with van der Waals surface area (Å²) < 4.78 is 27.1. The number of methoxy groups -OCH3 is 1. The summed E-state index contributed by atoms with van der Waals surface area (Å²) >= 11 is 3.34. The Balaban J connectivity index is 1.54. The minimum absolute atomic E-state index is 0.177. The lowest BCUT2D eigenvalue weighted by atomic mass is 9.62. The maximum atomic E-state index is 16.0. The number of rotatable bonds is 8. The Kier molecular flexibility index (Phi) is 8.76. The second kappa shape index (κ2) is 12.0. The van der Waals surface area contributed by atoms with E-state index in [-0.39, 0.29) is 17.2 Å². The monoisotopic (exact) mass is 630 g/mol. The van der Waals surface area contributed by atoms with Gasteiger partial charge in [0.25, 0.3) is 0 Å². The minimum Gasteiger partial charge on any atom is -0.497 e. The fraction of sp³-hybridized carbons (Fsp3) is 0.548. The van der Waals surface area contributed by atoms with Gasteiger partial charge in [-0.15, -0.1) is 0 Å². The third kappa shape index (κ3) is 5.76. The van der Waals surface area contributed by atoms with Gasteiger partial charge in [-0.1, -0.05) is 39.0 Å². The molecule has 5 rings (SSSR count). The molecule has 1 spiro atoms. The normalized spacial score (nSPS) is 26.2. The highest BCUT2D eigenvalue weighted by Crippen LogP contribution is 2.57. The maximum Gasteiger partial charge on any atom is 0.237 e. The third-order valence-corrected chi connectivity index (χ3v) is 9.13. The lowest BCUT2D eigenvalue weighted by molar-refractivity contribution is -0.123. The van der Waals surface area contributed by atoms with Crippen molar-refractivity contribution < 1.29 is 23.5 Å². The van der Waals surface area contributed by atoms with Crippen LogP contribution in [0.3, 0.4) is 0 Å². The van der Waals surface area contributed by atoms with Gasteiger partial charge in [-0.25, -0.2) is 4.39 Å². The molecule has 0 aliphatic carbocycles. The van der Waals surface area contributed by atoms with Crippen LogP contribution in [0.25, 0.3) is 0 Å². The molecule has 0 radical (unpaired) electrons. The number of halogens is 2. The number of morpholine rings is 1. The molecule has 3 heterocycles. The summed E-state index contributed by atoms with van der Waals surface area (Å²) in [4.78, 5) is 30.5. The Morgan fingerprint density at radius 1 is 1.24 bits per heavy atom. The smallest absolute Gasteiger partial charge is 0.237 e. The van der Waals surface area contributed by atoms with Gasteiger partial charge in [0.05, 0.1) is 30.8 Å². The molecule has 2 fully saturated rings. The first-order valence-electron chi connectivity index (χ1n) is 14.3. The van der Waals surface area contributed by atoms with Crippen LogP contribution in [0.4, 0.5) is 10.1 Å². The Morgan fingerprint density at radius 3 is 2.71 bits per heavy atom. The first-order valence-corrected chi connectivity index (χ1v) is 15.1. The van der Waals surface area contributed by atoms with E-state index in [9.17, 15) is 9.59 Å². The molecule has 0 bridgehead atoms. The van der Waals surface area contributed by atoms with E-state index in [4.69, 9.17) is 9.47 Å². The first-order chi connectivity index (χ1) is 19.6. The van der Waals surface area contributed by atoms with Crippen LogP contribution in [0.2, 0.25) is 0 Å². The van der Waals surface area contributed by atoms with Gasteiger partial charge in [0.15, 0.2) is 0 Å². The zero-order valence-corrected chi connectivity index (χ0v) is 25.8. The molecule has 2 amide bonds. The van der Waals surface area contributed by atoms with Crippen molar-refractivity contribution >= 4 is 33.4 Å². The molecule has 0 aromatic heterocycles. The quantitative estimate of drug-likeness (QED) is 0.379. The van der Waals surface area contributed by atoms with Crippen LogP contribution in [0.5, 0.6) is 5.75 Å². The van der Waals surface area contributed by atoms with E-state index in [0.29, 0.717) is 34.4 Å². The van der Waals surface area contributed by atoms with Gasteiger partial charge >= 0.3 is 0 Å². The Labute approximate surface area is 249 Å². The zero-order valence-electron chi connectivity index (χ0n) is 24.2. The lowest BCUT2D eigenvalue weighted by Crippen LogP contribution is -2.49. The van der Waals surface area contributed by atoms with Crippen molar-refractivity contribution in [1.82, 2.24) is 15.5 Å². The SMILES string of the molecule is COc1ccc2c(c1)NC(=O)C21C(CC(C)(C)C)NC(C(=O)NCCCN2CCOCC2)C1c1cccc(Br)c1F. The number of benzene rings is 2. The molecular weight excluding hydrogens is 591 g/mol. The predicted molar refractivity (Wildman–Crippen MR) is 160 cm³/mol. The predicted octanol–water partition coefficient (Wildman–Crippen LogP) is 4.19. The van der Waals surface area contributed by atoms with Gasteiger partial charge in [0.1, 0.15) is 17.0 Å². The molecular formula is C31H40BrFN4O4. The topological polar surface area (TPSA) is 91.9 Å². The molecule has 4 atom stereocenters. The van der Waals surface area contributed by atoms with E-state index in [0.717, 1.165) is 44.8 Å². The second-order valence-corrected chi connectivity index (χ2v) is 13.3. The standard InChI is InChI=1S/C31H40BrFN4O4/c1-30(2,3)18-24-31(21-10-9-19(40-4)17-23(21)35-29(31)39)25(20-7-5-8-22(32)26(20)33)27(36-24)28(38)34-11-6-12-37-13-15-41-16-14-37/h5,7-10,17,24-25,27,36H,6,11-16,18H2,1-4H3,(H,34,38)(H,35,39). The van der Waals surface area contributed by atoms with E-state index in [1.54, 1.807) is 31.4 Å². The van der Waals surface area contributed by atoms with Crippen LogP contribution in [0.1, 0.15) is 50.7 Å². The minimum atomic E-state index is -1.22. The summed E-state index contributed by atoms with van der Waals surface area (Å²) in [6.45, 7) is 10.9. The Hall–Kier alpha value is -2.53. The molecule has 3 aliphatic heterocycles. The Morgan fingerprint density at radius 2 is 2.00 bits per heavy atom. The van der Waals surface area contributed by atoms with Crippen molar-refractivity contribution in [1.29, 1.82) is 0 Å². The molecule has 2 saturated heterocycles. The summed E-state index contributed by atoms with van der Waals surface area (Å²) in [5.41, 5.74) is 0.311. The molecule has 3 aliphatic rings. The van der Waals surface area contributed by atoms with E-state index < -0.39 is 29.2 Å². The van der Waals surface area contributed by atoms with Gasteiger partial charge in [-0.2, -0.15) is 0 Å². The highest BCUT2D eigenvalue weighted by atomic mass is 79.9. The van der Waals surface area contributed by atoms with Gasteiger partial charge in [0, 0.05) is 43.3 Å². The number of amides is 2. The summed E-state index contributed by atoms with van der Waals surface area (Å²) in [5.74, 6) is -1.12.